The average molecular weight is 263 g/mol. The number of aromatic nitrogens is 1. The van der Waals surface area contributed by atoms with Crippen LogP contribution >= 0.6 is 0 Å². The van der Waals surface area contributed by atoms with E-state index in [1.807, 2.05) is 13.1 Å². The largest absolute Gasteiger partial charge is 0.370 e. The Hall–Kier alpha value is -1.58. The molecule has 19 heavy (non-hydrogen) atoms. The lowest BCUT2D eigenvalue weighted by molar-refractivity contribution is 0.0793. The second-order valence-electron chi connectivity index (χ2n) is 4.79. The molecule has 0 spiro atoms. The van der Waals surface area contributed by atoms with E-state index in [0.29, 0.717) is 5.56 Å². The highest BCUT2D eigenvalue weighted by atomic mass is 16.2. The summed E-state index contributed by atoms with van der Waals surface area (Å²) in [6, 6.07) is 3.61. The van der Waals surface area contributed by atoms with Gasteiger partial charge in [0.25, 0.3) is 5.91 Å². The number of amides is 1. The van der Waals surface area contributed by atoms with Crippen molar-refractivity contribution in [2.75, 3.05) is 25.5 Å². The maximum absolute atomic E-state index is 12.2. The Morgan fingerprint density at radius 3 is 2.74 bits per heavy atom. The van der Waals surface area contributed by atoms with E-state index in [0.717, 1.165) is 44.6 Å². The van der Waals surface area contributed by atoms with Gasteiger partial charge >= 0.3 is 0 Å². The highest BCUT2D eigenvalue weighted by Gasteiger charge is 2.11. The number of unbranched alkanes of at least 4 members (excludes halogenated alkanes) is 2. The maximum atomic E-state index is 12.2. The molecule has 4 heteroatoms. The van der Waals surface area contributed by atoms with Gasteiger partial charge in [-0.1, -0.05) is 26.7 Å². The number of nitrogens with zero attached hydrogens (tertiary/aromatic N) is 2. The minimum Gasteiger partial charge on any atom is -0.370 e. The average Bonchev–Trinajstić information content (AvgIpc) is 2.44. The summed E-state index contributed by atoms with van der Waals surface area (Å²) in [6.45, 7) is 5.97. The Morgan fingerprint density at radius 2 is 2.05 bits per heavy atom. The molecule has 1 aromatic heterocycles. The van der Waals surface area contributed by atoms with Crippen molar-refractivity contribution >= 4 is 11.7 Å². The molecule has 0 aliphatic rings. The molecule has 0 saturated heterocycles. The van der Waals surface area contributed by atoms with E-state index < -0.39 is 0 Å². The molecule has 0 aliphatic carbocycles. The highest BCUT2D eigenvalue weighted by Crippen LogP contribution is 2.10. The van der Waals surface area contributed by atoms with Gasteiger partial charge in [-0.3, -0.25) is 4.79 Å². The van der Waals surface area contributed by atoms with Crippen molar-refractivity contribution in [1.82, 2.24) is 9.88 Å². The molecule has 0 aromatic carbocycles. The van der Waals surface area contributed by atoms with Crippen molar-refractivity contribution in [2.45, 2.75) is 39.5 Å². The van der Waals surface area contributed by atoms with E-state index in [-0.39, 0.29) is 5.91 Å². The van der Waals surface area contributed by atoms with E-state index in [2.05, 4.69) is 24.1 Å². The van der Waals surface area contributed by atoms with Crippen LogP contribution in [0.1, 0.15) is 49.9 Å². The van der Waals surface area contributed by atoms with Crippen LogP contribution in [0.5, 0.6) is 0 Å². The summed E-state index contributed by atoms with van der Waals surface area (Å²) >= 11 is 0. The van der Waals surface area contributed by atoms with Crippen molar-refractivity contribution in [1.29, 1.82) is 0 Å². The first kappa shape index (κ1) is 15.5. The molecule has 0 aliphatic heterocycles. The molecule has 0 fully saturated rings. The van der Waals surface area contributed by atoms with E-state index >= 15 is 0 Å². The number of hydrogen-bond acceptors (Lipinski definition) is 3. The first-order valence-corrected chi connectivity index (χ1v) is 7.14. The third-order valence-corrected chi connectivity index (χ3v) is 3.04. The fraction of sp³-hybridized carbons (Fsp3) is 0.600. The predicted octanol–water partition coefficient (Wildman–Crippen LogP) is 3.17. The summed E-state index contributed by atoms with van der Waals surface area (Å²) in [5.41, 5.74) is 0.701. The van der Waals surface area contributed by atoms with Crippen LogP contribution in [0, 0.1) is 0 Å². The molecular formula is C15H25N3O. The Labute approximate surface area is 116 Å². The zero-order valence-corrected chi connectivity index (χ0v) is 12.3. The first-order valence-electron chi connectivity index (χ1n) is 7.14. The van der Waals surface area contributed by atoms with Gasteiger partial charge in [0.2, 0.25) is 0 Å². The van der Waals surface area contributed by atoms with Crippen LogP contribution in [0.2, 0.25) is 0 Å². The van der Waals surface area contributed by atoms with Crippen LogP contribution in [0.15, 0.2) is 18.3 Å². The summed E-state index contributed by atoms with van der Waals surface area (Å²) in [7, 11) is 1.85. The van der Waals surface area contributed by atoms with Gasteiger partial charge in [-0.15, -0.1) is 0 Å². The van der Waals surface area contributed by atoms with Gasteiger partial charge in [0, 0.05) is 31.9 Å². The molecule has 0 radical (unpaired) electrons. The maximum Gasteiger partial charge on any atom is 0.253 e. The summed E-state index contributed by atoms with van der Waals surface area (Å²) in [5.74, 6) is 0.845. The number of carbonyl (C=O) groups excluding carboxylic acids is 1. The van der Waals surface area contributed by atoms with Gasteiger partial charge in [0.15, 0.2) is 0 Å². The lowest BCUT2D eigenvalue weighted by atomic mass is 10.2. The van der Waals surface area contributed by atoms with Crippen molar-refractivity contribution in [3.8, 4) is 0 Å². The zero-order chi connectivity index (χ0) is 14.1. The van der Waals surface area contributed by atoms with Gasteiger partial charge in [0.05, 0.1) is 0 Å². The monoisotopic (exact) mass is 263 g/mol. The Morgan fingerprint density at radius 1 is 1.32 bits per heavy atom. The molecule has 1 N–H and O–H groups in total. The van der Waals surface area contributed by atoms with E-state index in [9.17, 15) is 4.79 Å². The van der Waals surface area contributed by atoms with E-state index in [1.165, 1.54) is 0 Å². The molecular weight excluding hydrogens is 238 g/mol. The van der Waals surface area contributed by atoms with E-state index in [4.69, 9.17) is 0 Å². The SMILES string of the molecule is CCCCNc1cc(C(=O)N(C)CCCC)ccn1. The molecule has 1 amide bonds. The Balaban J connectivity index is 2.61. The van der Waals surface area contributed by atoms with Gasteiger partial charge < -0.3 is 10.2 Å². The highest BCUT2D eigenvalue weighted by molar-refractivity contribution is 5.94. The van der Waals surface area contributed by atoms with Gasteiger partial charge in [-0.05, 0) is 25.0 Å². The van der Waals surface area contributed by atoms with Gasteiger partial charge in [-0.2, -0.15) is 0 Å². The van der Waals surface area contributed by atoms with Crippen LogP contribution < -0.4 is 5.32 Å². The van der Waals surface area contributed by atoms with Crippen LogP contribution in [-0.2, 0) is 0 Å². The van der Waals surface area contributed by atoms with Crippen molar-refractivity contribution in [3.05, 3.63) is 23.9 Å². The lowest BCUT2D eigenvalue weighted by Crippen LogP contribution is -2.27. The summed E-state index contributed by atoms with van der Waals surface area (Å²) in [5, 5.41) is 3.24. The molecule has 0 bridgehead atoms. The van der Waals surface area contributed by atoms with Crippen molar-refractivity contribution in [3.63, 3.8) is 0 Å². The molecule has 0 unspecified atom stereocenters. The number of pyridine rings is 1. The summed E-state index contributed by atoms with van der Waals surface area (Å²) < 4.78 is 0. The van der Waals surface area contributed by atoms with Crippen molar-refractivity contribution in [2.24, 2.45) is 0 Å². The minimum absolute atomic E-state index is 0.0643. The minimum atomic E-state index is 0.0643. The van der Waals surface area contributed by atoms with Crippen LogP contribution in [0.25, 0.3) is 0 Å². The van der Waals surface area contributed by atoms with Gasteiger partial charge in [-0.25, -0.2) is 4.98 Å². The quantitative estimate of drug-likeness (QED) is 0.733. The number of hydrogen-bond donors (Lipinski definition) is 1. The van der Waals surface area contributed by atoms with Gasteiger partial charge in [0.1, 0.15) is 5.82 Å². The normalized spacial score (nSPS) is 10.3. The topological polar surface area (TPSA) is 45.2 Å². The number of rotatable bonds is 8. The molecule has 0 atom stereocenters. The zero-order valence-electron chi connectivity index (χ0n) is 12.3. The molecule has 4 nitrogen and oxygen atoms in total. The molecule has 106 valence electrons. The fourth-order valence-corrected chi connectivity index (χ4v) is 1.77. The molecule has 1 heterocycles. The first-order chi connectivity index (χ1) is 9.19. The smallest absolute Gasteiger partial charge is 0.253 e. The fourth-order valence-electron chi connectivity index (χ4n) is 1.77. The number of anilines is 1. The second kappa shape index (κ2) is 8.51. The second-order valence-corrected chi connectivity index (χ2v) is 4.79. The Bertz CT molecular complexity index is 393. The third kappa shape index (κ3) is 5.28. The Kier molecular flexibility index (Phi) is 6.93. The van der Waals surface area contributed by atoms with Crippen LogP contribution in [0.4, 0.5) is 5.82 Å². The summed E-state index contributed by atoms with van der Waals surface area (Å²) in [4.78, 5) is 18.2. The van der Waals surface area contributed by atoms with Crippen LogP contribution in [0.3, 0.4) is 0 Å². The van der Waals surface area contributed by atoms with Crippen LogP contribution in [-0.4, -0.2) is 35.9 Å². The predicted molar refractivity (Wildman–Crippen MR) is 79.5 cm³/mol. The standard InChI is InChI=1S/C15H25N3O/c1-4-6-9-16-14-12-13(8-10-17-14)15(19)18(3)11-7-5-2/h8,10,12H,4-7,9,11H2,1-3H3,(H,16,17). The molecule has 1 aromatic rings. The molecule has 0 saturated carbocycles. The van der Waals surface area contributed by atoms with E-state index in [1.54, 1.807) is 17.2 Å². The van der Waals surface area contributed by atoms with Crippen molar-refractivity contribution < 1.29 is 4.79 Å². The lowest BCUT2D eigenvalue weighted by Gasteiger charge is -2.17. The summed E-state index contributed by atoms with van der Waals surface area (Å²) in [6.07, 6.45) is 6.07. The third-order valence-electron chi connectivity index (χ3n) is 3.04. The number of carbonyl (C=O) groups is 1. The molecule has 1 rings (SSSR count). The number of nitrogens with one attached hydrogen (secondary N) is 1.